The molecule has 1 saturated carbocycles. The summed E-state index contributed by atoms with van der Waals surface area (Å²) in [6, 6.07) is 10.2. The zero-order chi connectivity index (χ0) is 17.2. The molecule has 4 rings (SSSR count). The lowest BCUT2D eigenvalue weighted by atomic mass is 10.1. The molecule has 25 heavy (non-hydrogen) atoms. The quantitative estimate of drug-likeness (QED) is 0.661. The normalized spacial score (nSPS) is 15.0. The maximum Gasteiger partial charge on any atom is 0.261 e. The van der Waals surface area contributed by atoms with Crippen molar-refractivity contribution in [2.24, 2.45) is 5.92 Å². The lowest BCUT2D eigenvalue weighted by Crippen LogP contribution is -2.36. The van der Waals surface area contributed by atoms with E-state index in [1.54, 1.807) is 11.3 Å². The third-order valence-corrected chi connectivity index (χ3v) is 7.12. The van der Waals surface area contributed by atoms with Gasteiger partial charge in [0.2, 0.25) is 5.91 Å². The fraction of sp³-hybridized carbons (Fsp3) is 0.368. The number of rotatable bonds is 5. The van der Waals surface area contributed by atoms with Crippen LogP contribution in [-0.4, -0.2) is 24.9 Å². The molecule has 0 spiro atoms. The van der Waals surface area contributed by atoms with E-state index in [9.17, 15) is 9.59 Å². The van der Waals surface area contributed by atoms with Crippen molar-refractivity contribution in [3.8, 4) is 0 Å². The summed E-state index contributed by atoms with van der Waals surface area (Å²) in [4.78, 5) is 25.0. The molecule has 130 valence electrons. The molecule has 0 unspecified atom stereocenters. The largest absolute Gasteiger partial charge is 0.354 e. The molecule has 4 nitrogen and oxygen atoms in total. The van der Waals surface area contributed by atoms with Crippen LogP contribution in [0.15, 0.2) is 30.3 Å². The molecule has 0 aliphatic heterocycles. The highest BCUT2D eigenvalue weighted by Gasteiger charge is 2.22. The van der Waals surface area contributed by atoms with Crippen LogP contribution in [0.3, 0.4) is 0 Å². The summed E-state index contributed by atoms with van der Waals surface area (Å²) in [6.07, 6.45) is 4.30. The number of benzene rings is 1. The maximum atomic E-state index is 12.3. The summed E-state index contributed by atoms with van der Waals surface area (Å²) in [5.74, 6) is 0.246. The first-order valence-electron chi connectivity index (χ1n) is 8.69. The minimum Gasteiger partial charge on any atom is -0.354 e. The minimum absolute atomic E-state index is 0.0624. The van der Waals surface area contributed by atoms with Crippen LogP contribution >= 0.6 is 22.7 Å². The topological polar surface area (TPSA) is 58.2 Å². The van der Waals surface area contributed by atoms with Crippen LogP contribution in [0.1, 0.15) is 35.4 Å². The first-order valence-corrected chi connectivity index (χ1v) is 10.3. The van der Waals surface area contributed by atoms with E-state index in [-0.39, 0.29) is 17.7 Å². The fourth-order valence-corrected chi connectivity index (χ4v) is 5.83. The molecule has 1 aliphatic carbocycles. The number of hydrogen-bond donors (Lipinski definition) is 2. The predicted molar refractivity (Wildman–Crippen MR) is 105 cm³/mol. The summed E-state index contributed by atoms with van der Waals surface area (Å²) in [5.41, 5.74) is 0. The second kappa shape index (κ2) is 7.14. The molecule has 2 aromatic heterocycles. The van der Waals surface area contributed by atoms with Gasteiger partial charge in [-0.25, -0.2) is 0 Å². The Labute approximate surface area is 154 Å². The van der Waals surface area contributed by atoms with E-state index in [2.05, 4.69) is 22.8 Å². The van der Waals surface area contributed by atoms with Gasteiger partial charge in [0.15, 0.2) is 0 Å². The molecule has 6 heteroatoms. The Morgan fingerprint density at radius 1 is 1.00 bits per heavy atom. The Bertz CT molecular complexity index is 922. The van der Waals surface area contributed by atoms with Crippen molar-refractivity contribution in [3.05, 3.63) is 35.2 Å². The van der Waals surface area contributed by atoms with E-state index in [1.807, 2.05) is 18.2 Å². The molecule has 3 aromatic rings. The Morgan fingerprint density at radius 2 is 1.76 bits per heavy atom. The smallest absolute Gasteiger partial charge is 0.261 e. The molecule has 0 saturated heterocycles. The van der Waals surface area contributed by atoms with Gasteiger partial charge in [-0.3, -0.25) is 9.59 Å². The van der Waals surface area contributed by atoms with E-state index < -0.39 is 0 Å². The molecule has 2 N–H and O–H groups in total. The summed E-state index contributed by atoms with van der Waals surface area (Å²) in [7, 11) is 0. The Morgan fingerprint density at radius 3 is 2.60 bits per heavy atom. The van der Waals surface area contributed by atoms with Gasteiger partial charge in [0.25, 0.3) is 5.91 Å². The molecular formula is C19H20N2O2S2. The molecule has 2 amide bonds. The summed E-state index contributed by atoms with van der Waals surface area (Å²) in [5, 5.41) is 7.05. The highest BCUT2D eigenvalue weighted by Crippen LogP contribution is 2.39. The SMILES string of the molecule is O=C(NCCNC(=O)C1CCCC1)c1cc2sc3ccccc3c2s1. The zero-order valence-electron chi connectivity index (χ0n) is 13.8. The Balaban J connectivity index is 1.33. The highest BCUT2D eigenvalue weighted by atomic mass is 32.1. The van der Waals surface area contributed by atoms with E-state index >= 15 is 0 Å². The van der Waals surface area contributed by atoms with Gasteiger partial charge in [-0.1, -0.05) is 31.0 Å². The van der Waals surface area contributed by atoms with Crippen molar-refractivity contribution in [2.75, 3.05) is 13.1 Å². The van der Waals surface area contributed by atoms with Gasteiger partial charge in [0.1, 0.15) is 0 Å². The van der Waals surface area contributed by atoms with Gasteiger partial charge in [-0.05, 0) is 25.0 Å². The van der Waals surface area contributed by atoms with Gasteiger partial charge in [0, 0.05) is 33.8 Å². The summed E-state index contributed by atoms with van der Waals surface area (Å²) >= 11 is 3.26. The average molecular weight is 373 g/mol. The number of hydrogen-bond acceptors (Lipinski definition) is 4. The molecule has 1 aromatic carbocycles. The zero-order valence-corrected chi connectivity index (χ0v) is 15.5. The number of carbonyl (C=O) groups excluding carboxylic acids is 2. The third-order valence-electron chi connectivity index (χ3n) is 4.71. The molecule has 1 fully saturated rings. The molecule has 0 radical (unpaired) electrons. The van der Waals surface area contributed by atoms with Gasteiger partial charge < -0.3 is 10.6 Å². The van der Waals surface area contributed by atoms with Crippen molar-refractivity contribution in [1.82, 2.24) is 10.6 Å². The first-order chi connectivity index (χ1) is 12.2. The summed E-state index contributed by atoms with van der Waals surface area (Å²) in [6.45, 7) is 0.952. The lowest BCUT2D eigenvalue weighted by Gasteiger charge is -2.10. The van der Waals surface area contributed by atoms with Crippen molar-refractivity contribution < 1.29 is 9.59 Å². The van der Waals surface area contributed by atoms with E-state index in [0.717, 1.165) is 35.3 Å². The van der Waals surface area contributed by atoms with Crippen LogP contribution in [0.2, 0.25) is 0 Å². The predicted octanol–water partition coefficient (Wildman–Crippen LogP) is 4.15. The number of thiophene rings is 2. The van der Waals surface area contributed by atoms with Crippen molar-refractivity contribution in [1.29, 1.82) is 0 Å². The van der Waals surface area contributed by atoms with Crippen LogP contribution < -0.4 is 10.6 Å². The van der Waals surface area contributed by atoms with Crippen LogP contribution in [-0.2, 0) is 4.79 Å². The summed E-state index contributed by atoms with van der Waals surface area (Å²) < 4.78 is 3.59. The van der Waals surface area contributed by atoms with Gasteiger partial charge in [0.05, 0.1) is 9.58 Å². The van der Waals surface area contributed by atoms with Crippen LogP contribution in [0.4, 0.5) is 0 Å². The van der Waals surface area contributed by atoms with Crippen LogP contribution in [0, 0.1) is 5.92 Å². The van der Waals surface area contributed by atoms with Crippen molar-refractivity contribution >= 4 is 54.0 Å². The fourth-order valence-electron chi connectivity index (χ4n) is 3.39. The first kappa shape index (κ1) is 16.5. The Hall–Kier alpha value is -1.92. The molecule has 0 atom stereocenters. The lowest BCUT2D eigenvalue weighted by molar-refractivity contribution is -0.124. The molecule has 1 aliphatic rings. The second-order valence-corrected chi connectivity index (χ2v) is 8.57. The van der Waals surface area contributed by atoms with Gasteiger partial charge in [-0.2, -0.15) is 0 Å². The third kappa shape index (κ3) is 3.41. The van der Waals surface area contributed by atoms with E-state index in [1.165, 1.54) is 26.1 Å². The standard InChI is InChI=1S/C19H20N2O2S2/c22-18(12-5-1-2-6-12)20-9-10-21-19(23)16-11-15-17(25-16)13-7-3-4-8-14(13)24-15/h3-4,7-8,11-12H,1-2,5-6,9-10H2,(H,20,22)(H,21,23). The maximum absolute atomic E-state index is 12.3. The average Bonchev–Trinajstić information content (AvgIpc) is 3.33. The van der Waals surface area contributed by atoms with E-state index in [4.69, 9.17) is 0 Å². The van der Waals surface area contributed by atoms with Crippen molar-refractivity contribution in [3.63, 3.8) is 0 Å². The number of carbonyl (C=O) groups is 2. The van der Waals surface area contributed by atoms with E-state index in [0.29, 0.717) is 13.1 Å². The number of nitrogens with one attached hydrogen (secondary N) is 2. The minimum atomic E-state index is -0.0624. The number of amides is 2. The molecule has 0 bridgehead atoms. The highest BCUT2D eigenvalue weighted by molar-refractivity contribution is 7.33. The van der Waals surface area contributed by atoms with Gasteiger partial charge >= 0.3 is 0 Å². The van der Waals surface area contributed by atoms with Crippen molar-refractivity contribution in [2.45, 2.75) is 25.7 Å². The second-order valence-electron chi connectivity index (χ2n) is 6.43. The van der Waals surface area contributed by atoms with Crippen LogP contribution in [0.25, 0.3) is 19.5 Å². The number of fused-ring (bicyclic) bond motifs is 3. The monoisotopic (exact) mass is 372 g/mol. The van der Waals surface area contributed by atoms with Gasteiger partial charge in [-0.15, -0.1) is 22.7 Å². The molecule has 2 heterocycles. The Kier molecular flexibility index (Phi) is 4.72. The molecular weight excluding hydrogens is 352 g/mol. The van der Waals surface area contributed by atoms with Crippen LogP contribution in [0.5, 0.6) is 0 Å².